The molecule has 1 N–H and O–H groups in total. The zero-order valence-electron chi connectivity index (χ0n) is 12.5. The Bertz CT molecular complexity index is 811. The van der Waals surface area contributed by atoms with Crippen LogP contribution in [0.3, 0.4) is 0 Å². The summed E-state index contributed by atoms with van der Waals surface area (Å²) in [4.78, 5) is 24.1. The van der Waals surface area contributed by atoms with Crippen LogP contribution >= 0.6 is 23.2 Å². The van der Waals surface area contributed by atoms with Gasteiger partial charge >= 0.3 is 5.97 Å². The summed E-state index contributed by atoms with van der Waals surface area (Å²) in [5.41, 5.74) is 0.918. The van der Waals surface area contributed by atoms with Crippen molar-refractivity contribution in [3.8, 4) is 6.07 Å². The number of rotatable bonds is 4. The number of benzene rings is 2. The molecule has 24 heavy (non-hydrogen) atoms. The Morgan fingerprint density at radius 2 is 1.83 bits per heavy atom. The molecule has 0 fully saturated rings. The predicted molar refractivity (Wildman–Crippen MR) is 91.1 cm³/mol. The third kappa shape index (κ3) is 4.72. The van der Waals surface area contributed by atoms with Crippen LogP contribution in [0.1, 0.15) is 22.8 Å². The van der Waals surface area contributed by atoms with E-state index in [0.29, 0.717) is 21.3 Å². The number of anilines is 1. The van der Waals surface area contributed by atoms with E-state index in [1.165, 1.54) is 37.3 Å². The molecule has 0 saturated heterocycles. The molecule has 0 aliphatic carbocycles. The zero-order valence-corrected chi connectivity index (χ0v) is 14.1. The molecular formula is C17H12Cl2N2O3. The molecule has 0 radical (unpaired) electrons. The minimum absolute atomic E-state index is 0.194. The van der Waals surface area contributed by atoms with Crippen LogP contribution in [0.25, 0.3) is 0 Å². The van der Waals surface area contributed by atoms with Gasteiger partial charge in [-0.05, 0) is 43.3 Å². The lowest BCUT2D eigenvalue weighted by molar-refractivity contribution is -0.123. The quantitative estimate of drug-likeness (QED) is 0.832. The summed E-state index contributed by atoms with van der Waals surface area (Å²) in [6.07, 6.45) is -1.04. The van der Waals surface area contributed by atoms with Crippen LogP contribution in [0.2, 0.25) is 10.0 Å². The van der Waals surface area contributed by atoms with Gasteiger partial charge in [0.25, 0.3) is 5.91 Å². The van der Waals surface area contributed by atoms with Crippen molar-refractivity contribution in [2.75, 3.05) is 5.32 Å². The highest BCUT2D eigenvalue weighted by atomic mass is 35.5. The Labute approximate surface area is 148 Å². The molecule has 122 valence electrons. The van der Waals surface area contributed by atoms with Gasteiger partial charge < -0.3 is 10.1 Å². The molecule has 0 unspecified atom stereocenters. The molecule has 0 saturated carbocycles. The number of amides is 1. The third-order valence-electron chi connectivity index (χ3n) is 3.01. The lowest BCUT2D eigenvalue weighted by Crippen LogP contribution is -2.30. The zero-order chi connectivity index (χ0) is 17.7. The number of halogens is 2. The number of hydrogen-bond acceptors (Lipinski definition) is 4. The molecule has 2 aromatic carbocycles. The van der Waals surface area contributed by atoms with Gasteiger partial charge in [-0.3, -0.25) is 4.79 Å². The smallest absolute Gasteiger partial charge is 0.338 e. The lowest BCUT2D eigenvalue weighted by Gasteiger charge is -2.14. The second-order valence-corrected chi connectivity index (χ2v) is 5.76. The number of nitrogens with zero attached hydrogens (tertiary/aromatic N) is 1. The van der Waals surface area contributed by atoms with Gasteiger partial charge in [-0.25, -0.2) is 4.79 Å². The summed E-state index contributed by atoms with van der Waals surface area (Å²) in [6.45, 7) is 1.44. The Balaban J connectivity index is 2.03. The van der Waals surface area contributed by atoms with Crippen molar-refractivity contribution in [1.82, 2.24) is 0 Å². The molecule has 5 nitrogen and oxygen atoms in total. The first kappa shape index (κ1) is 17.8. The van der Waals surface area contributed by atoms with Gasteiger partial charge in [0.2, 0.25) is 0 Å². The number of nitriles is 1. The van der Waals surface area contributed by atoms with Crippen LogP contribution < -0.4 is 5.32 Å². The van der Waals surface area contributed by atoms with Crippen LogP contribution in [0, 0.1) is 11.3 Å². The summed E-state index contributed by atoms with van der Waals surface area (Å²) in [5.74, 6) is -1.23. The topological polar surface area (TPSA) is 79.2 Å². The summed E-state index contributed by atoms with van der Waals surface area (Å²) < 4.78 is 5.10. The van der Waals surface area contributed by atoms with Gasteiger partial charge in [-0.15, -0.1) is 0 Å². The highest BCUT2D eigenvalue weighted by Gasteiger charge is 2.19. The van der Waals surface area contributed by atoms with E-state index < -0.39 is 18.0 Å². The highest BCUT2D eigenvalue weighted by molar-refractivity contribution is 6.35. The van der Waals surface area contributed by atoms with E-state index in [0.717, 1.165) is 0 Å². The van der Waals surface area contributed by atoms with Gasteiger partial charge in [0, 0.05) is 15.7 Å². The maximum absolute atomic E-state index is 12.1. The number of esters is 1. The number of nitrogens with one attached hydrogen (secondary N) is 1. The SMILES string of the molecule is C[C@H](OC(=O)c1cccc(C#N)c1)C(=O)Nc1cc(Cl)cc(Cl)c1. The van der Waals surface area contributed by atoms with Crippen molar-refractivity contribution in [3.63, 3.8) is 0 Å². The van der Waals surface area contributed by atoms with Gasteiger partial charge in [-0.2, -0.15) is 5.26 Å². The summed E-state index contributed by atoms with van der Waals surface area (Å²) in [6, 6.07) is 12.5. The minimum atomic E-state index is -1.04. The molecule has 0 aromatic heterocycles. The van der Waals surface area contributed by atoms with Crippen molar-refractivity contribution >= 4 is 40.8 Å². The van der Waals surface area contributed by atoms with Crippen LogP contribution in [0.15, 0.2) is 42.5 Å². The van der Waals surface area contributed by atoms with E-state index in [2.05, 4.69) is 5.32 Å². The average Bonchev–Trinajstić information content (AvgIpc) is 2.53. The summed E-state index contributed by atoms with van der Waals surface area (Å²) in [5, 5.41) is 12.1. The van der Waals surface area contributed by atoms with Gasteiger partial charge in [0.15, 0.2) is 6.10 Å². The van der Waals surface area contributed by atoms with Crippen molar-refractivity contribution in [1.29, 1.82) is 5.26 Å². The Morgan fingerprint density at radius 1 is 1.17 bits per heavy atom. The maximum Gasteiger partial charge on any atom is 0.338 e. The van der Waals surface area contributed by atoms with E-state index in [1.807, 2.05) is 6.07 Å². The van der Waals surface area contributed by atoms with Gasteiger partial charge in [-0.1, -0.05) is 29.3 Å². The predicted octanol–water partition coefficient (Wildman–Crippen LogP) is 4.05. The second kappa shape index (κ2) is 7.82. The number of carbonyl (C=O) groups excluding carboxylic acids is 2. The monoisotopic (exact) mass is 362 g/mol. The van der Waals surface area contributed by atoms with Crippen molar-refractivity contribution in [3.05, 3.63) is 63.6 Å². The molecule has 0 spiro atoms. The fourth-order valence-electron chi connectivity index (χ4n) is 1.87. The highest BCUT2D eigenvalue weighted by Crippen LogP contribution is 2.22. The van der Waals surface area contributed by atoms with E-state index in [4.69, 9.17) is 33.2 Å². The third-order valence-corrected chi connectivity index (χ3v) is 3.45. The largest absolute Gasteiger partial charge is 0.449 e. The Kier molecular flexibility index (Phi) is 5.80. The van der Waals surface area contributed by atoms with E-state index in [-0.39, 0.29) is 5.56 Å². The minimum Gasteiger partial charge on any atom is -0.449 e. The van der Waals surface area contributed by atoms with Crippen molar-refractivity contribution in [2.24, 2.45) is 0 Å². The number of carbonyl (C=O) groups is 2. The van der Waals surface area contributed by atoms with E-state index in [1.54, 1.807) is 12.1 Å². The normalized spacial score (nSPS) is 11.2. The molecule has 0 heterocycles. The van der Waals surface area contributed by atoms with Crippen molar-refractivity contribution < 1.29 is 14.3 Å². The number of ether oxygens (including phenoxy) is 1. The molecule has 1 atom stereocenters. The van der Waals surface area contributed by atoms with Crippen LogP contribution in [0.4, 0.5) is 5.69 Å². The van der Waals surface area contributed by atoms with Gasteiger partial charge in [0.1, 0.15) is 0 Å². The van der Waals surface area contributed by atoms with E-state index >= 15 is 0 Å². The lowest BCUT2D eigenvalue weighted by atomic mass is 10.1. The molecule has 1 amide bonds. The molecule has 7 heteroatoms. The first-order valence-corrected chi connectivity index (χ1v) is 7.63. The average molecular weight is 363 g/mol. The molecule has 0 aliphatic heterocycles. The summed E-state index contributed by atoms with van der Waals surface area (Å²) in [7, 11) is 0. The van der Waals surface area contributed by atoms with Gasteiger partial charge in [0.05, 0.1) is 17.2 Å². The molecule has 2 aromatic rings. The first-order chi connectivity index (χ1) is 11.4. The molecule has 0 aliphatic rings. The molecular weight excluding hydrogens is 351 g/mol. The second-order valence-electron chi connectivity index (χ2n) is 4.89. The van der Waals surface area contributed by atoms with Crippen LogP contribution in [-0.2, 0) is 9.53 Å². The fourth-order valence-corrected chi connectivity index (χ4v) is 2.39. The maximum atomic E-state index is 12.1. The van der Waals surface area contributed by atoms with E-state index in [9.17, 15) is 9.59 Å². The molecule has 0 bridgehead atoms. The van der Waals surface area contributed by atoms with Crippen LogP contribution in [0.5, 0.6) is 0 Å². The molecule has 2 rings (SSSR count). The summed E-state index contributed by atoms with van der Waals surface area (Å²) >= 11 is 11.7. The first-order valence-electron chi connectivity index (χ1n) is 6.87. The standard InChI is InChI=1S/C17H12Cl2N2O3/c1-10(16(22)21-15-7-13(18)6-14(19)8-15)24-17(23)12-4-2-3-11(5-12)9-20/h2-8,10H,1H3,(H,21,22)/t10-/m0/s1. The Hall–Kier alpha value is -2.55. The van der Waals surface area contributed by atoms with Crippen molar-refractivity contribution in [2.45, 2.75) is 13.0 Å². The van der Waals surface area contributed by atoms with Crippen LogP contribution in [-0.4, -0.2) is 18.0 Å². The Morgan fingerprint density at radius 3 is 2.46 bits per heavy atom. The fraction of sp³-hybridized carbons (Fsp3) is 0.118. The number of hydrogen-bond donors (Lipinski definition) is 1.